The zero-order chi connectivity index (χ0) is 14.4. The Morgan fingerprint density at radius 1 is 1.33 bits per heavy atom. The van der Waals surface area contributed by atoms with Gasteiger partial charge in [0.1, 0.15) is 11.9 Å². The zero-order valence-electron chi connectivity index (χ0n) is 12.0. The molecule has 21 heavy (non-hydrogen) atoms. The Hall–Kier alpha value is -2.14. The number of aryl methyl sites for hydroxylation is 1. The van der Waals surface area contributed by atoms with Gasteiger partial charge in [-0.25, -0.2) is 4.99 Å². The fraction of sp³-hybridized carbons (Fsp3) is 0.375. The largest absolute Gasteiger partial charge is 0.385 e. The smallest absolute Gasteiger partial charge is 0.134 e. The lowest BCUT2D eigenvalue weighted by molar-refractivity contribution is 0.245. The number of aliphatic hydroxyl groups excluding tert-OH is 1. The van der Waals surface area contributed by atoms with Crippen LogP contribution in [0.4, 0.5) is 5.69 Å². The van der Waals surface area contributed by atoms with E-state index < -0.39 is 6.10 Å². The van der Waals surface area contributed by atoms with E-state index in [0.717, 1.165) is 43.1 Å². The van der Waals surface area contributed by atoms with Crippen LogP contribution in [0.3, 0.4) is 0 Å². The van der Waals surface area contributed by atoms with E-state index in [9.17, 15) is 5.11 Å². The fourth-order valence-electron chi connectivity index (χ4n) is 3.05. The van der Waals surface area contributed by atoms with Gasteiger partial charge in [-0.1, -0.05) is 6.07 Å². The second-order valence-electron chi connectivity index (χ2n) is 5.62. The second-order valence-corrected chi connectivity index (χ2v) is 5.62. The van der Waals surface area contributed by atoms with E-state index in [2.05, 4.69) is 40.2 Å². The molecule has 0 radical (unpaired) electrons. The maximum Gasteiger partial charge on any atom is 0.134 e. The van der Waals surface area contributed by atoms with Crippen LogP contribution in [-0.2, 0) is 13.1 Å². The summed E-state index contributed by atoms with van der Waals surface area (Å²) >= 11 is 0. The first-order valence-electron chi connectivity index (χ1n) is 7.42. The Kier molecular flexibility index (Phi) is 2.82. The summed E-state index contributed by atoms with van der Waals surface area (Å²) in [5.74, 6) is 0.828. The van der Waals surface area contributed by atoms with Gasteiger partial charge in [0.25, 0.3) is 0 Å². The maximum atomic E-state index is 9.93. The Morgan fingerprint density at radius 2 is 2.24 bits per heavy atom. The van der Waals surface area contributed by atoms with Crippen molar-refractivity contribution in [1.29, 1.82) is 0 Å². The Morgan fingerprint density at radius 3 is 3.05 bits per heavy atom. The van der Waals surface area contributed by atoms with Crippen molar-refractivity contribution in [1.82, 2.24) is 14.7 Å². The Bertz CT molecular complexity index is 719. The fourth-order valence-corrected chi connectivity index (χ4v) is 3.05. The van der Waals surface area contributed by atoms with E-state index in [1.165, 1.54) is 11.1 Å². The molecular weight excluding hydrogens is 264 g/mol. The molecule has 3 heterocycles. The van der Waals surface area contributed by atoms with Crippen LogP contribution in [0.5, 0.6) is 0 Å². The van der Waals surface area contributed by atoms with Crippen molar-refractivity contribution < 1.29 is 5.11 Å². The highest BCUT2D eigenvalue weighted by molar-refractivity contribution is 5.92. The van der Waals surface area contributed by atoms with Crippen molar-refractivity contribution in [3.05, 3.63) is 36.2 Å². The molecule has 1 fully saturated rings. The van der Waals surface area contributed by atoms with Crippen LogP contribution in [0.25, 0.3) is 11.1 Å². The lowest BCUT2D eigenvalue weighted by Gasteiger charge is -2.25. The average molecular weight is 282 g/mol. The summed E-state index contributed by atoms with van der Waals surface area (Å²) in [5.41, 5.74) is 4.51. The number of aromatic nitrogens is 2. The van der Waals surface area contributed by atoms with Gasteiger partial charge in [-0.2, -0.15) is 5.10 Å². The topological polar surface area (TPSA) is 53.6 Å². The number of benzene rings is 1. The predicted molar refractivity (Wildman–Crippen MR) is 81.5 cm³/mol. The van der Waals surface area contributed by atoms with Gasteiger partial charge in [0.15, 0.2) is 0 Å². The summed E-state index contributed by atoms with van der Waals surface area (Å²) in [6, 6.07) is 6.32. The molecule has 0 spiro atoms. The lowest BCUT2D eigenvalue weighted by Crippen LogP contribution is -2.31. The van der Waals surface area contributed by atoms with Crippen LogP contribution in [-0.4, -0.2) is 38.3 Å². The Balaban J connectivity index is 1.72. The molecular formula is C16H18N4O. The number of hydrogen-bond donors (Lipinski definition) is 1. The minimum Gasteiger partial charge on any atom is -0.385 e. The summed E-state index contributed by atoms with van der Waals surface area (Å²) in [4.78, 5) is 6.79. The first-order valence-corrected chi connectivity index (χ1v) is 7.42. The third kappa shape index (κ3) is 2.05. The molecule has 2 aliphatic rings. The van der Waals surface area contributed by atoms with Crippen LogP contribution in [0, 0.1) is 0 Å². The van der Waals surface area contributed by atoms with Crippen molar-refractivity contribution >= 4 is 11.5 Å². The molecule has 1 atom stereocenters. The van der Waals surface area contributed by atoms with Gasteiger partial charge in [0.2, 0.25) is 0 Å². The normalized spacial score (nSPS) is 20.2. The van der Waals surface area contributed by atoms with Gasteiger partial charge < -0.3 is 10.0 Å². The number of fused-ring (bicyclic) bond motifs is 2. The van der Waals surface area contributed by atoms with Crippen molar-refractivity contribution in [3.63, 3.8) is 0 Å². The van der Waals surface area contributed by atoms with Crippen LogP contribution in [0.15, 0.2) is 35.6 Å². The van der Waals surface area contributed by atoms with E-state index in [1.54, 1.807) is 0 Å². The number of amidine groups is 1. The molecule has 0 amide bonds. The Labute approximate surface area is 123 Å². The summed E-state index contributed by atoms with van der Waals surface area (Å²) in [5, 5.41) is 14.3. The summed E-state index contributed by atoms with van der Waals surface area (Å²) in [6.07, 6.45) is 4.35. The van der Waals surface area contributed by atoms with E-state index in [0.29, 0.717) is 0 Å². The van der Waals surface area contributed by atoms with Gasteiger partial charge >= 0.3 is 0 Å². The van der Waals surface area contributed by atoms with Crippen LogP contribution in [0.1, 0.15) is 18.9 Å². The SMILES string of the molecule is CCn1cc(-c2ccc3c(c2)CN2CCC(O)C2=N3)cn1. The van der Waals surface area contributed by atoms with Crippen LogP contribution < -0.4 is 0 Å². The zero-order valence-corrected chi connectivity index (χ0v) is 12.0. The van der Waals surface area contributed by atoms with Crippen molar-refractivity contribution in [2.75, 3.05) is 6.54 Å². The highest BCUT2D eigenvalue weighted by Crippen LogP contribution is 2.33. The minimum atomic E-state index is -0.402. The van der Waals surface area contributed by atoms with Crippen LogP contribution in [0.2, 0.25) is 0 Å². The van der Waals surface area contributed by atoms with E-state index >= 15 is 0 Å². The lowest BCUT2D eigenvalue weighted by atomic mass is 10.0. The molecule has 2 aromatic rings. The molecule has 4 rings (SSSR count). The molecule has 108 valence electrons. The molecule has 1 aromatic carbocycles. The summed E-state index contributed by atoms with van der Waals surface area (Å²) in [7, 11) is 0. The van der Waals surface area contributed by atoms with Gasteiger partial charge in [-0.05, 0) is 36.6 Å². The average Bonchev–Trinajstić information content (AvgIpc) is 3.12. The molecule has 5 nitrogen and oxygen atoms in total. The number of rotatable bonds is 2. The third-order valence-electron chi connectivity index (χ3n) is 4.26. The van der Waals surface area contributed by atoms with Crippen molar-refractivity contribution in [2.24, 2.45) is 4.99 Å². The molecule has 0 aliphatic carbocycles. The number of aliphatic hydroxyl groups is 1. The van der Waals surface area contributed by atoms with E-state index in [4.69, 9.17) is 0 Å². The highest BCUT2D eigenvalue weighted by atomic mass is 16.3. The molecule has 0 saturated carbocycles. The monoisotopic (exact) mass is 282 g/mol. The highest BCUT2D eigenvalue weighted by Gasteiger charge is 2.31. The van der Waals surface area contributed by atoms with Crippen molar-refractivity contribution in [3.8, 4) is 11.1 Å². The van der Waals surface area contributed by atoms with Crippen LogP contribution >= 0.6 is 0 Å². The van der Waals surface area contributed by atoms with Gasteiger partial charge in [0.05, 0.1) is 11.9 Å². The van der Waals surface area contributed by atoms with Gasteiger partial charge in [0, 0.05) is 31.4 Å². The summed E-state index contributed by atoms with van der Waals surface area (Å²) < 4.78 is 1.93. The predicted octanol–water partition coefficient (Wildman–Crippen LogP) is 2.18. The molecule has 5 heteroatoms. The molecule has 2 aliphatic heterocycles. The standard InChI is InChI=1S/C16H18N4O/c1-2-20-10-13(8-17-20)11-3-4-14-12(7-11)9-19-6-5-15(21)16(19)18-14/h3-4,7-8,10,15,21H,2,5-6,9H2,1H3. The molecule has 1 saturated heterocycles. The first kappa shape index (κ1) is 12.6. The first-order chi connectivity index (χ1) is 10.2. The summed E-state index contributed by atoms with van der Waals surface area (Å²) in [6.45, 7) is 4.68. The maximum absolute atomic E-state index is 9.93. The second kappa shape index (κ2) is 4.70. The molecule has 1 unspecified atom stereocenters. The van der Waals surface area contributed by atoms with E-state index in [-0.39, 0.29) is 0 Å². The van der Waals surface area contributed by atoms with E-state index in [1.807, 2.05) is 16.9 Å². The third-order valence-corrected chi connectivity index (χ3v) is 4.26. The quantitative estimate of drug-likeness (QED) is 0.918. The number of hydrogen-bond acceptors (Lipinski definition) is 4. The van der Waals surface area contributed by atoms with Gasteiger partial charge in [-0.15, -0.1) is 0 Å². The molecule has 1 N–H and O–H groups in total. The number of nitrogens with zero attached hydrogens (tertiary/aromatic N) is 4. The van der Waals surface area contributed by atoms with Gasteiger partial charge in [-0.3, -0.25) is 4.68 Å². The van der Waals surface area contributed by atoms with Crippen molar-refractivity contribution in [2.45, 2.75) is 32.5 Å². The molecule has 0 bridgehead atoms. The number of aliphatic imine (C=N–C) groups is 1. The minimum absolute atomic E-state index is 0.402. The molecule has 1 aromatic heterocycles.